The molecule has 1 aliphatic carbocycles. The average Bonchev–Trinajstić information content (AvgIpc) is 3.27. The van der Waals surface area contributed by atoms with E-state index in [2.05, 4.69) is 9.97 Å². The van der Waals surface area contributed by atoms with Crippen LogP contribution in [0.25, 0.3) is 10.2 Å². The highest BCUT2D eigenvalue weighted by Gasteiger charge is 2.21. The highest BCUT2D eigenvalue weighted by Crippen LogP contribution is 2.34. The molecule has 2 heterocycles. The maximum Gasteiger partial charge on any atom is 0.259 e. The summed E-state index contributed by atoms with van der Waals surface area (Å²) in [6.45, 7) is 0.498. The Kier molecular flexibility index (Phi) is 6.27. The molecule has 0 bridgehead atoms. The van der Waals surface area contributed by atoms with Crippen LogP contribution in [0.1, 0.15) is 34.7 Å². The van der Waals surface area contributed by atoms with Crippen molar-refractivity contribution in [3.63, 3.8) is 0 Å². The zero-order valence-corrected chi connectivity index (χ0v) is 18.6. The van der Waals surface area contributed by atoms with Crippen LogP contribution in [-0.2, 0) is 29.9 Å². The number of carbonyl (C=O) groups excluding carboxylic acids is 1. The molecule has 1 amide bonds. The largest absolute Gasteiger partial charge is 0.341 e. The summed E-state index contributed by atoms with van der Waals surface area (Å²) in [6, 6.07) is 7.56. The lowest BCUT2D eigenvalue weighted by atomic mass is 10.2. The van der Waals surface area contributed by atoms with Crippen LogP contribution in [0.15, 0.2) is 29.1 Å². The summed E-state index contributed by atoms with van der Waals surface area (Å²) in [4.78, 5) is 36.3. The van der Waals surface area contributed by atoms with Crippen molar-refractivity contribution in [2.45, 2.75) is 38.0 Å². The Morgan fingerprint density at radius 3 is 3.00 bits per heavy atom. The molecule has 5 nitrogen and oxygen atoms in total. The van der Waals surface area contributed by atoms with Crippen molar-refractivity contribution in [2.75, 3.05) is 12.8 Å². The molecule has 0 saturated carbocycles. The van der Waals surface area contributed by atoms with Gasteiger partial charge in [-0.1, -0.05) is 29.8 Å². The maximum atomic E-state index is 12.5. The zero-order chi connectivity index (χ0) is 20.4. The van der Waals surface area contributed by atoms with Gasteiger partial charge in [0, 0.05) is 35.7 Å². The SMILES string of the molecule is CN(Cc1ccccc1Cl)C(=O)CCSCc1nc2sc3c(c2c(=O)[nH]1)CCC3. The van der Waals surface area contributed by atoms with Crippen LogP contribution in [0.2, 0.25) is 5.02 Å². The van der Waals surface area contributed by atoms with Gasteiger partial charge in [-0.2, -0.15) is 11.8 Å². The molecule has 0 unspecified atom stereocenters. The minimum Gasteiger partial charge on any atom is -0.341 e. The number of aromatic amines is 1. The number of rotatable bonds is 7. The molecule has 0 spiro atoms. The van der Waals surface area contributed by atoms with Crippen molar-refractivity contribution in [3.8, 4) is 0 Å². The van der Waals surface area contributed by atoms with Gasteiger partial charge in [-0.3, -0.25) is 9.59 Å². The third kappa shape index (κ3) is 4.52. The third-order valence-corrected chi connectivity index (χ3v) is 7.64. The molecule has 0 atom stereocenters. The van der Waals surface area contributed by atoms with E-state index in [1.165, 1.54) is 10.4 Å². The summed E-state index contributed by atoms with van der Waals surface area (Å²) >= 11 is 9.43. The number of nitrogens with one attached hydrogen (secondary N) is 1. The number of thioether (sulfide) groups is 1. The molecule has 8 heteroatoms. The van der Waals surface area contributed by atoms with E-state index in [0.717, 1.165) is 35.0 Å². The van der Waals surface area contributed by atoms with Crippen LogP contribution < -0.4 is 5.56 Å². The topological polar surface area (TPSA) is 66.1 Å². The monoisotopic (exact) mass is 447 g/mol. The second-order valence-electron chi connectivity index (χ2n) is 7.19. The van der Waals surface area contributed by atoms with E-state index in [4.69, 9.17) is 11.6 Å². The molecular weight excluding hydrogens is 426 g/mol. The average molecular weight is 448 g/mol. The van der Waals surface area contributed by atoms with Gasteiger partial charge in [-0.25, -0.2) is 4.98 Å². The predicted molar refractivity (Wildman–Crippen MR) is 121 cm³/mol. The lowest BCUT2D eigenvalue weighted by Gasteiger charge is -2.18. The van der Waals surface area contributed by atoms with E-state index in [1.54, 1.807) is 35.0 Å². The van der Waals surface area contributed by atoms with Gasteiger partial charge in [-0.15, -0.1) is 11.3 Å². The quantitative estimate of drug-likeness (QED) is 0.545. The van der Waals surface area contributed by atoms with E-state index in [-0.39, 0.29) is 11.5 Å². The Labute approximate surface area is 182 Å². The summed E-state index contributed by atoms with van der Waals surface area (Å²) in [5.41, 5.74) is 2.11. The Morgan fingerprint density at radius 2 is 2.17 bits per heavy atom. The van der Waals surface area contributed by atoms with Crippen LogP contribution >= 0.6 is 34.7 Å². The second kappa shape index (κ2) is 8.90. The molecule has 0 saturated heterocycles. The van der Waals surface area contributed by atoms with Crippen LogP contribution in [0.4, 0.5) is 0 Å². The molecule has 1 aromatic carbocycles. The van der Waals surface area contributed by atoms with Crippen molar-refractivity contribution in [1.82, 2.24) is 14.9 Å². The van der Waals surface area contributed by atoms with Gasteiger partial charge < -0.3 is 9.88 Å². The predicted octanol–water partition coefficient (Wildman–Crippen LogP) is 4.41. The van der Waals surface area contributed by atoms with E-state index >= 15 is 0 Å². The summed E-state index contributed by atoms with van der Waals surface area (Å²) in [6.07, 6.45) is 3.61. The summed E-state index contributed by atoms with van der Waals surface area (Å²) in [5, 5.41) is 1.46. The highest BCUT2D eigenvalue weighted by atomic mass is 35.5. The summed E-state index contributed by atoms with van der Waals surface area (Å²) in [5.74, 6) is 2.03. The van der Waals surface area contributed by atoms with Crippen molar-refractivity contribution in [3.05, 3.63) is 61.5 Å². The number of thiophene rings is 1. The molecular formula is C21H22ClN3O2S2. The fourth-order valence-electron chi connectivity index (χ4n) is 3.60. The molecule has 4 rings (SSSR count). The lowest BCUT2D eigenvalue weighted by Crippen LogP contribution is -2.26. The van der Waals surface area contributed by atoms with Gasteiger partial charge in [0.15, 0.2) is 0 Å². The second-order valence-corrected chi connectivity index (χ2v) is 9.79. The fourth-order valence-corrected chi connectivity index (χ4v) is 5.87. The number of amides is 1. The maximum absolute atomic E-state index is 12.5. The fraction of sp³-hybridized carbons (Fsp3) is 0.381. The van der Waals surface area contributed by atoms with E-state index < -0.39 is 0 Å². The number of fused-ring (bicyclic) bond motifs is 3. The third-order valence-electron chi connectivity index (χ3n) is 5.11. The van der Waals surface area contributed by atoms with Crippen LogP contribution in [0, 0.1) is 0 Å². The normalized spacial score (nSPS) is 13.0. The Morgan fingerprint density at radius 1 is 1.34 bits per heavy atom. The number of carbonyl (C=O) groups is 1. The molecule has 29 heavy (non-hydrogen) atoms. The number of aryl methyl sites for hydroxylation is 2. The molecule has 152 valence electrons. The standard InChI is InChI=1S/C21H22ClN3O2S2/c1-25(11-13-5-2-3-7-15(13)22)18(26)9-10-28-12-17-23-20(27)19-14-6-4-8-16(14)29-21(19)24-17/h2-3,5,7H,4,6,8-12H2,1H3,(H,23,24,27). The van der Waals surface area contributed by atoms with E-state index in [1.807, 2.05) is 24.3 Å². The number of benzene rings is 1. The number of hydrogen-bond donors (Lipinski definition) is 1. The first-order chi connectivity index (χ1) is 14.0. The van der Waals surface area contributed by atoms with Crippen molar-refractivity contribution < 1.29 is 4.79 Å². The Hall–Kier alpha value is -1.83. The van der Waals surface area contributed by atoms with Crippen LogP contribution in [0.3, 0.4) is 0 Å². The van der Waals surface area contributed by atoms with E-state index in [9.17, 15) is 9.59 Å². The highest BCUT2D eigenvalue weighted by molar-refractivity contribution is 7.98. The first kappa shape index (κ1) is 20.4. The number of halogens is 1. The van der Waals surface area contributed by atoms with Gasteiger partial charge in [0.25, 0.3) is 5.56 Å². The van der Waals surface area contributed by atoms with Crippen molar-refractivity contribution in [2.24, 2.45) is 0 Å². The van der Waals surface area contributed by atoms with E-state index in [0.29, 0.717) is 35.3 Å². The Bertz CT molecular complexity index is 1110. The molecule has 0 fully saturated rings. The van der Waals surface area contributed by atoms with Crippen molar-refractivity contribution >= 4 is 50.8 Å². The molecule has 1 N–H and O–H groups in total. The summed E-state index contributed by atoms with van der Waals surface area (Å²) < 4.78 is 0. The minimum atomic E-state index is -0.0273. The Balaban J connectivity index is 1.30. The zero-order valence-electron chi connectivity index (χ0n) is 16.2. The van der Waals surface area contributed by atoms with Crippen LogP contribution in [0.5, 0.6) is 0 Å². The smallest absolute Gasteiger partial charge is 0.259 e. The number of H-pyrrole nitrogens is 1. The molecule has 0 radical (unpaired) electrons. The molecule has 1 aliphatic rings. The lowest BCUT2D eigenvalue weighted by molar-refractivity contribution is -0.129. The number of hydrogen-bond acceptors (Lipinski definition) is 5. The number of aromatic nitrogens is 2. The first-order valence-electron chi connectivity index (χ1n) is 9.61. The molecule has 2 aromatic heterocycles. The van der Waals surface area contributed by atoms with Gasteiger partial charge in [0.1, 0.15) is 10.7 Å². The van der Waals surface area contributed by atoms with Crippen molar-refractivity contribution in [1.29, 1.82) is 0 Å². The molecule has 3 aromatic rings. The number of nitrogens with zero attached hydrogens (tertiary/aromatic N) is 2. The minimum absolute atomic E-state index is 0.0273. The molecule has 0 aliphatic heterocycles. The van der Waals surface area contributed by atoms with Gasteiger partial charge in [-0.05, 0) is 36.5 Å². The summed E-state index contributed by atoms with van der Waals surface area (Å²) in [7, 11) is 1.79. The first-order valence-corrected chi connectivity index (χ1v) is 12.0. The van der Waals surface area contributed by atoms with Gasteiger partial charge >= 0.3 is 0 Å². The van der Waals surface area contributed by atoms with Crippen LogP contribution in [-0.4, -0.2) is 33.6 Å². The van der Waals surface area contributed by atoms with Gasteiger partial charge in [0.05, 0.1) is 11.1 Å². The van der Waals surface area contributed by atoms with Gasteiger partial charge in [0.2, 0.25) is 5.91 Å².